The van der Waals surface area contributed by atoms with Crippen LogP contribution in [-0.2, 0) is 10.0 Å². The zero-order chi connectivity index (χ0) is 14.6. The van der Waals surface area contributed by atoms with E-state index in [1.165, 1.54) is 0 Å². The van der Waals surface area contributed by atoms with Crippen molar-refractivity contribution < 1.29 is 8.42 Å². The molecule has 20 heavy (non-hydrogen) atoms. The molecule has 0 aromatic heterocycles. The lowest BCUT2D eigenvalue weighted by atomic mass is 10.2. The first kappa shape index (κ1) is 15.7. The van der Waals surface area contributed by atoms with Crippen LogP contribution in [0.5, 0.6) is 0 Å². The van der Waals surface area contributed by atoms with Crippen LogP contribution >= 0.6 is 11.6 Å². The second-order valence-corrected chi connectivity index (χ2v) is 6.99. The number of nitrogens with one attached hydrogen (secondary N) is 2. The van der Waals surface area contributed by atoms with Crippen molar-refractivity contribution in [2.24, 2.45) is 0 Å². The summed E-state index contributed by atoms with van der Waals surface area (Å²) in [5.41, 5.74) is 0.587. The van der Waals surface area contributed by atoms with Crippen LogP contribution < -0.4 is 10.0 Å². The maximum Gasteiger partial charge on any atom is 0.240 e. The molecule has 7 heteroatoms. The first-order valence-corrected chi connectivity index (χ1v) is 8.55. The van der Waals surface area contributed by atoms with Gasteiger partial charge in [-0.1, -0.05) is 17.7 Å². The van der Waals surface area contributed by atoms with Crippen LogP contribution in [0.15, 0.2) is 23.1 Å². The Bertz CT molecular complexity index is 557. The van der Waals surface area contributed by atoms with E-state index in [0.29, 0.717) is 17.1 Å². The maximum absolute atomic E-state index is 12.2. The third-order valence-corrected chi connectivity index (χ3v) is 5.45. The average molecular weight is 318 g/mol. The molecule has 0 unspecified atom stereocenters. The lowest BCUT2D eigenvalue weighted by Gasteiger charge is -2.27. The first-order chi connectivity index (χ1) is 9.50. The van der Waals surface area contributed by atoms with Crippen LogP contribution in [0.4, 0.5) is 0 Å². The van der Waals surface area contributed by atoms with Crippen LogP contribution in [0.2, 0.25) is 5.02 Å². The molecule has 0 atom stereocenters. The molecule has 1 aromatic rings. The number of hydrogen-bond acceptors (Lipinski definition) is 4. The molecule has 1 aromatic carbocycles. The van der Waals surface area contributed by atoms with Crippen molar-refractivity contribution in [1.82, 2.24) is 14.9 Å². The van der Waals surface area contributed by atoms with Gasteiger partial charge in [-0.15, -0.1) is 0 Å². The van der Waals surface area contributed by atoms with Crippen molar-refractivity contribution in [3.8, 4) is 0 Å². The van der Waals surface area contributed by atoms with Gasteiger partial charge in [0.1, 0.15) is 0 Å². The molecule has 0 bridgehead atoms. The smallest absolute Gasteiger partial charge is 0.240 e. The lowest BCUT2D eigenvalue weighted by molar-refractivity contribution is 0.245. The molecule has 0 saturated carbocycles. The van der Waals surface area contributed by atoms with Crippen molar-refractivity contribution in [2.45, 2.75) is 11.8 Å². The minimum atomic E-state index is -3.49. The van der Waals surface area contributed by atoms with Crippen LogP contribution in [-0.4, -0.2) is 52.6 Å². The molecule has 0 aliphatic carbocycles. The second kappa shape index (κ2) is 6.87. The van der Waals surface area contributed by atoms with Gasteiger partial charge >= 0.3 is 0 Å². The molecule has 2 rings (SSSR count). The zero-order valence-electron chi connectivity index (χ0n) is 11.5. The molecule has 0 amide bonds. The van der Waals surface area contributed by atoms with Gasteiger partial charge in [-0.25, -0.2) is 13.1 Å². The van der Waals surface area contributed by atoms with E-state index in [4.69, 9.17) is 11.6 Å². The van der Waals surface area contributed by atoms with E-state index in [2.05, 4.69) is 14.9 Å². The Hall–Kier alpha value is -0.660. The van der Waals surface area contributed by atoms with Gasteiger partial charge in [0, 0.05) is 44.3 Å². The standard InChI is InChI=1S/C13H20ClN3O2S/c1-11-12(14)3-2-4-13(11)20(18,19)16-7-10-17-8-5-15-6-9-17/h2-4,15-16H,5-10H2,1H3. The van der Waals surface area contributed by atoms with Crippen LogP contribution in [0, 0.1) is 6.92 Å². The minimum absolute atomic E-state index is 0.255. The predicted molar refractivity (Wildman–Crippen MR) is 80.7 cm³/mol. The lowest BCUT2D eigenvalue weighted by Crippen LogP contribution is -2.46. The molecule has 1 fully saturated rings. The highest BCUT2D eigenvalue weighted by Crippen LogP contribution is 2.22. The number of halogens is 1. The van der Waals surface area contributed by atoms with E-state index >= 15 is 0 Å². The first-order valence-electron chi connectivity index (χ1n) is 6.68. The Morgan fingerprint density at radius 2 is 2.05 bits per heavy atom. The highest BCUT2D eigenvalue weighted by molar-refractivity contribution is 7.89. The van der Waals surface area contributed by atoms with Gasteiger partial charge in [0.05, 0.1) is 4.90 Å². The topological polar surface area (TPSA) is 61.4 Å². The summed E-state index contributed by atoms with van der Waals surface area (Å²) in [5, 5.41) is 3.73. The van der Waals surface area contributed by atoms with Gasteiger partial charge in [0.2, 0.25) is 10.0 Å². The Morgan fingerprint density at radius 3 is 2.75 bits per heavy atom. The molecule has 1 heterocycles. The van der Waals surface area contributed by atoms with Gasteiger partial charge in [0.25, 0.3) is 0 Å². The fraction of sp³-hybridized carbons (Fsp3) is 0.538. The number of benzene rings is 1. The zero-order valence-corrected chi connectivity index (χ0v) is 13.1. The SMILES string of the molecule is Cc1c(Cl)cccc1S(=O)(=O)NCCN1CCNCC1. The highest BCUT2D eigenvalue weighted by atomic mass is 35.5. The van der Waals surface area contributed by atoms with Crippen LogP contribution in [0.25, 0.3) is 0 Å². The Morgan fingerprint density at radius 1 is 1.35 bits per heavy atom. The average Bonchev–Trinajstić information content (AvgIpc) is 2.42. The fourth-order valence-electron chi connectivity index (χ4n) is 2.23. The van der Waals surface area contributed by atoms with Crippen LogP contribution in [0.3, 0.4) is 0 Å². The number of sulfonamides is 1. The van der Waals surface area contributed by atoms with Crippen LogP contribution in [0.1, 0.15) is 5.56 Å². The van der Waals surface area contributed by atoms with Gasteiger partial charge < -0.3 is 5.32 Å². The van der Waals surface area contributed by atoms with Crippen molar-refractivity contribution >= 4 is 21.6 Å². The van der Waals surface area contributed by atoms with E-state index in [1.54, 1.807) is 25.1 Å². The van der Waals surface area contributed by atoms with Crippen molar-refractivity contribution in [3.63, 3.8) is 0 Å². The van der Waals surface area contributed by atoms with E-state index < -0.39 is 10.0 Å². The summed E-state index contributed by atoms with van der Waals surface area (Å²) in [7, 11) is -3.49. The van der Waals surface area contributed by atoms with E-state index in [9.17, 15) is 8.42 Å². The molecule has 0 spiro atoms. The third-order valence-electron chi connectivity index (χ3n) is 3.44. The number of hydrogen-bond donors (Lipinski definition) is 2. The molecular weight excluding hydrogens is 298 g/mol. The molecular formula is C13H20ClN3O2S. The molecule has 0 radical (unpaired) electrons. The summed E-state index contributed by atoms with van der Waals surface area (Å²) in [5.74, 6) is 0. The third kappa shape index (κ3) is 3.93. The molecule has 1 saturated heterocycles. The number of nitrogens with zero attached hydrogens (tertiary/aromatic N) is 1. The van der Waals surface area contributed by atoms with Crippen molar-refractivity contribution in [1.29, 1.82) is 0 Å². The number of piperazine rings is 1. The van der Waals surface area contributed by atoms with Gasteiger partial charge in [0.15, 0.2) is 0 Å². The molecule has 112 valence electrons. The van der Waals surface area contributed by atoms with E-state index in [-0.39, 0.29) is 4.90 Å². The highest BCUT2D eigenvalue weighted by Gasteiger charge is 2.18. The summed E-state index contributed by atoms with van der Waals surface area (Å²) >= 11 is 5.97. The van der Waals surface area contributed by atoms with Gasteiger partial charge in [-0.05, 0) is 24.6 Å². The predicted octanol–water partition coefficient (Wildman–Crippen LogP) is 0.832. The van der Waals surface area contributed by atoms with Gasteiger partial charge in [-0.3, -0.25) is 4.90 Å². The van der Waals surface area contributed by atoms with Gasteiger partial charge in [-0.2, -0.15) is 0 Å². The normalized spacial score (nSPS) is 17.3. The van der Waals surface area contributed by atoms with E-state index in [0.717, 1.165) is 32.7 Å². The van der Waals surface area contributed by atoms with Crippen molar-refractivity contribution in [3.05, 3.63) is 28.8 Å². The maximum atomic E-state index is 12.2. The second-order valence-electron chi connectivity index (χ2n) is 4.85. The monoisotopic (exact) mass is 317 g/mol. The Kier molecular flexibility index (Phi) is 5.40. The van der Waals surface area contributed by atoms with E-state index in [1.807, 2.05) is 0 Å². The fourth-order valence-corrected chi connectivity index (χ4v) is 3.75. The summed E-state index contributed by atoms with van der Waals surface area (Å²) in [6.07, 6.45) is 0. The number of rotatable bonds is 5. The van der Waals surface area contributed by atoms with Crippen molar-refractivity contribution in [2.75, 3.05) is 39.3 Å². The molecule has 2 N–H and O–H groups in total. The minimum Gasteiger partial charge on any atom is -0.314 e. The quantitative estimate of drug-likeness (QED) is 0.844. The Balaban J connectivity index is 1.95. The summed E-state index contributed by atoms with van der Waals surface area (Å²) in [6, 6.07) is 4.92. The summed E-state index contributed by atoms with van der Waals surface area (Å²) in [6.45, 7) is 6.68. The molecule has 1 aliphatic heterocycles. The largest absolute Gasteiger partial charge is 0.314 e. The molecule has 1 aliphatic rings. The Labute approximate surface area is 125 Å². The summed E-state index contributed by atoms with van der Waals surface area (Å²) in [4.78, 5) is 2.49. The summed E-state index contributed by atoms with van der Waals surface area (Å²) < 4.78 is 27.1. The molecule has 5 nitrogen and oxygen atoms in total.